The molecule has 0 aliphatic heterocycles. The van der Waals surface area contributed by atoms with Crippen LogP contribution >= 0.6 is 0 Å². The summed E-state index contributed by atoms with van der Waals surface area (Å²) in [5, 5.41) is 7.77. The fraction of sp³-hybridized carbons (Fsp3) is 0.346. The highest BCUT2D eigenvalue weighted by molar-refractivity contribution is 5.92. The van der Waals surface area contributed by atoms with E-state index in [1.807, 2.05) is 6.07 Å². The maximum Gasteiger partial charge on any atom is 0.270 e. The van der Waals surface area contributed by atoms with Gasteiger partial charge >= 0.3 is 0 Å². The smallest absolute Gasteiger partial charge is 0.270 e. The van der Waals surface area contributed by atoms with Gasteiger partial charge in [0.1, 0.15) is 11.3 Å². The molecule has 33 heavy (non-hydrogen) atoms. The molecule has 7 heteroatoms. The van der Waals surface area contributed by atoms with Crippen LogP contribution in [0.25, 0.3) is 16.6 Å². The molecule has 0 unspecified atom stereocenters. The van der Waals surface area contributed by atoms with Gasteiger partial charge in [-0.15, -0.1) is 0 Å². The van der Waals surface area contributed by atoms with E-state index in [1.165, 1.54) is 23.3 Å². The normalized spacial score (nSPS) is 15.1. The standard InChI is InChI=1S/C26H29N5O2/c1-25(2,3)26(9-10-26)28-16-19-13-18-8-7-17(12-20(18)29-19)15-27-24(33)21-14-23(32)31-11-5-4-6-22(31)30-21/h4-8,11-14,28-29H,9-10,15-16H2,1-3H3,(H,27,33). The number of nitrogens with zero attached hydrogens (tertiary/aromatic N) is 2. The van der Waals surface area contributed by atoms with Gasteiger partial charge in [0.25, 0.3) is 11.5 Å². The van der Waals surface area contributed by atoms with Gasteiger partial charge in [0.2, 0.25) is 0 Å². The summed E-state index contributed by atoms with van der Waals surface area (Å²) >= 11 is 0. The fourth-order valence-corrected chi connectivity index (χ4v) is 4.46. The molecule has 1 aliphatic carbocycles. The monoisotopic (exact) mass is 443 g/mol. The zero-order valence-corrected chi connectivity index (χ0v) is 19.2. The molecule has 1 amide bonds. The first-order valence-corrected chi connectivity index (χ1v) is 11.4. The van der Waals surface area contributed by atoms with Gasteiger partial charge in [-0.1, -0.05) is 39.0 Å². The highest BCUT2D eigenvalue weighted by atomic mass is 16.2. The number of hydrogen-bond acceptors (Lipinski definition) is 4. The average Bonchev–Trinajstić information content (AvgIpc) is 3.49. The number of rotatable bonds is 6. The molecular weight excluding hydrogens is 414 g/mol. The minimum absolute atomic E-state index is 0.119. The van der Waals surface area contributed by atoms with Crippen LogP contribution in [0.1, 0.15) is 55.4 Å². The molecule has 0 bridgehead atoms. The van der Waals surface area contributed by atoms with Crippen LogP contribution in [-0.2, 0) is 13.1 Å². The number of fused-ring (bicyclic) bond motifs is 2. The Morgan fingerprint density at radius 1 is 1.12 bits per heavy atom. The molecule has 3 aromatic heterocycles. The number of nitrogens with one attached hydrogen (secondary N) is 3. The van der Waals surface area contributed by atoms with Gasteiger partial charge in [0, 0.05) is 42.1 Å². The second-order valence-electron chi connectivity index (χ2n) is 9.99. The lowest BCUT2D eigenvalue weighted by Gasteiger charge is -2.31. The molecule has 1 fully saturated rings. The molecule has 1 aliphatic rings. The van der Waals surface area contributed by atoms with Crippen LogP contribution < -0.4 is 16.2 Å². The summed E-state index contributed by atoms with van der Waals surface area (Å²) in [7, 11) is 0. The maximum atomic E-state index is 12.6. The van der Waals surface area contributed by atoms with E-state index in [9.17, 15) is 9.59 Å². The van der Waals surface area contributed by atoms with Crippen molar-refractivity contribution < 1.29 is 4.79 Å². The van der Waals surface area contributed by atoms with E-state index in [2.05, 4.69) is 59.6 Å². The summed E-state index contributed by atoms with van der Waals surface area (Å²) < 4.78 is 1.41. The summed E-state index contributed by atoms with van der Waals surface area (Å²) in [6.45, 7) is 8.04. The van der Waals surface area contributed by atoms with Crippen LogP contribution in [0.4, 0.5) is 0 Å². The molecule has 5 rings (SSSR count). The number of hydrogen-bond donors (Lipinski definition) is 3. The lowest BCUT2D eigenvalue weighted by atomic mass is 9.84. The first-order chi connectivity index (χ1) is 15.7. The van der Waals surface area contributed by atoms with E-state index >= 15 is 0 Å². The van der Waals surface area contributed by atoms with Crippen molar-refractivity contribution in [2.45, 2.75) is 52.2 Å². The lowest BCUT2D eigenvalue weighted by Crippen LogP contribution is -2.42. The second kappa shape index (κ2) is 7.85. The van der Waals surface area contributed by atoms with Crippen molar-refractivity contribution in [2.75, 3.05) is 0 Å². The Morgan fingerprint density at radius 2 is 1.94 bits per heavy atom. The molecule has 1 saturated carbocycles. The maximum absolute atomic E-state index is 12.6. The summed E-state index contributed by atoms with van der Waals surface area (Å²) in [6, 6.07) is 14.8. The van der Waals surface area contributed by atoms with Gasteiger partial charge in [0.15, 0.2) is 0 Å². The van der Waals surface area contributed by atoms with Gasteiger partial charge < -0.3 is 15.6 Å². The Kier molecular flexibility index (Phi) is 5.09. The summed E-state index contributed by atoms with van der Waals surface area (Å²) in [4.78, 5) is 32.6. The van der Waals surface area contributed by atoms with Gasteiger partial charge in [-0.05, 0) is 53.5 Å². The van der Waals surface area contributed by atoms with Crippen LogP contribution in [0.3, 0.4) is 0 Å². The zero-order chi connectivity index (χ0) is 23.2. The molecule has 1 aromatic carbocycles. The average molecular weight is 444 g/mol. The number of aromatic nitrogens is 3. The minimum atomic E-state index is -0.369. The highest BCUT2D eigenvalue weighted by Crippen LogP contribution is 2.49. The molecule has 0 radical (unpaired) electrons. The van der Waals surface area contributed by atoms with Gasteiger partial charge in [-0.3, -0.25) is 14.0 Å². The molecule has 4 aromatic rings. The van der Waals surface area contributed by atoms with Gasteiger partial charge in [-0.25, -0.2) is 4.98 Å². The van der Waals surface area contributed by atoms with Crippen molar-refractivity contribution >= 4 is 22.5 Å². The summed E-state index contributed by atoms with van der Waals surface area (Å²) in [5.74, 6) is -0.369. The number of amides is 1. The Bertz CT molecular complexity index is 1410. The number of pyridine rings is 1. The predicted octanol–water partition coefficient (Wildman–Crippen LogP) is 3.77. The van der Waals surface area contributed by atoms with Crippen LogP contribution in [0, 0.1) is 5.41 Å². The fourth-order valence-electron chi connectivity index (χ4n) is 4.46. The molecule has 3 heterocycles. The van der Waals surface area contributed by atoms with E-state index in [1.54, 1.807) is 24.4 Å². The Hall–Kier alpha value is -3.45. The van der Waals surface area contributed by atoms with Gasteiger partial charge in [-0.2, -0.15) is 0 Å². The number of benzene rings is 1. The first kappa shape index (κ1) is 21.4. The van der Waals surface area contributed by atoms with Crippen LogP contribution in [0.15, 0.2) is 59.5 Å². The molecule has 170 valence electrons. The first-order valence-electron chi connectivity index (χ1n) is 11.4. The molecule has 0 spiro atoms. The molecule has 7 nitrogen and oxygen atoms in total. The van der Waals surface area contributed by atoms with E-state index in [4.69, 9.17) is 0 Å². The lowest BCUT2D eigenvalue weighted by molar-refractivity contribution is 0.0946. The summed E-state index contributed by atoms with van der Waals surface area (Å²) in [6.07, 6.45) is 4.08. The van der Waals surface area contributed by atoms with Crippen LogP contribution in [0.2, 0.25) is 0 Å². The van der Waals surface area contributed by atoms with Crippen molar-refractivity contribution in [3.05, 3.63) is 82.0 Å². The molecular formula is C26H29N5O2. The Balaban J connectivity index is 1.26. The number of carbonyl (C=O) groups is 1. The van der Waals surface area contributed by atoms with Crippen LogP contribution in [0.5, 0.6) is 0 Å². The minimum Gasteiger partial charge on any atom is -0.357 e. The summed E-state index contributed by atoms with van der Waals surface area (Å²) in [5.41, 5.74) is 3.94. The predicted molar refractivity (Wildman–Crippen MR) is 129 cm³/mol. The van der Waals surface area contributed by atoms with Crippen molar-refractivity contribution in [3.63, 3.8) is 0 Å². The zero-order valence-electron chi connectivity index (χ0n) is 19.2. The Labute approximate surface area is 192 Å². The van der Waals surface area contributed by atoms with E-state index in [-0.39, 0.29) is 28.1 Å². The largest absolute Gasteiger partial charge is 0.357 e. The van der Waals surface area contributed by atoms with Crippen molar-refractivity contribution in [2.24, 2.45) is 5.41 Å². The quantitative estimate of drug-likeness (QED) is 0.423. The molecule has 3 N–H and O–H groups in total. The van der Waals surface area contributed by atoms with Gasteiger partial charge in [0.05, 0.1) is 0 Å². The van der Waals surface area contributed by atoms with Crippen molar-refractivity contribution in [3.8, 4) is 0 Å². The van der Waals surface area contributed by atoms with Crippen LogP contribution in [-0.4, -0.2) is 25.8 Å². The number of aromatic amines is 1. The number of carbonyl (C=O) groups excluding carboxylic acids is 1. The number of H-pyrrole nitrogens is 1. The van der Waals surface area contributed by atoms with E-state index in [0.717, 1.165) is 28.7 Å². The second-order valence-corrected chi connectivity index (χ2v) is 9.99. The van der Waals surface area contributed by atoms with E-state index < -0.39 is 0 Å². The van der Waals surface area contributed by atoms with Crippen molar-refractivity contribution in [1.29, 1.82) is 0 Å². The molecule has 0 atom stereocenters. The highest BCUT2D eigenvalue weighted by Gasteiger charge is 2.51. The van der Waals surface area contributed by atoms with E-state index in [0.29, 0.717) is 12.2 Å². The third-order valence-electron chi connectivity index (χ3n) is 6.80. The SMILES string of the molecule is CC(C)(C)C1(NCc2cc3ccc(CNC(=O)c4cc(=O)n5ccccc5n4)cc3[nH]2)CC1. The third-order valence-corrected chi connectivity index (χ3v) is 6.80. The molecule has 0 saturated heterocycles. The topological polar surface area (TPSA) is 91.3 Å². The Morgan fingerprint density at radius 3 is 2.70 bits per heavy atom. The van der Waals surface area contributed by atoms with Crippen molar-refractivity contribution in [1.82, 2.24) is 25.0 Å². The third kappa shape index (κ3) is 4.16.